The van der Waals surface area contributed by atoms with Crippen LogP contribution in [0.4, 0.5) is 0 Å². The number of hydrogen-bond acceptors (Lipinski definition) is 2. The second-order valence-corrected chi connectivity index (χ2v) is 4.56. The largest absolute Gasteiger partial charge is 0.250 e. The maximum Gasteiger partial charge on any atom is 0.147 e. The van der Waals surface area contributed by atoms with E-state index in [1.807, 2.05) is 18.5 Å². The molecule has 0 N–H and O–H groups in total. The van der Waals surface area contributed by atoms with E-state index in [0.717, 1.165) is 23.5 Å². The van der Waals surface area contributed by atoms with Crippen LogP contribution in [0.5, 0.6) is 0 Å². The van der Waals surface area contributed by atoms with Gasteiger partial charge in [-0.15, -0.1) is 0 Å². The van der Waals surface area contributed by atoms with E-state index in [2.05, 4.69) is 26.0 Å². The molecule has 0 aliphatic heterocycles. The van der Waals surface area contributed by atoms with Gasteiger partial charge in [0, 0.05) is 11.9 Å². The third-order valence-electron chi connectivity index (χ3n) is 2.69. The van der Waals surface area contributed by atoms with Gasteiger partial charge in [0.05, 0.1) is 0 Å². The predicted molar refractivity (Wildman–Crippen MR) is 55.0 cm³/mol. The molecule has 0 atom stereocenters. The van der Waals surface area contributed by atoms with Crippen LogP contribution in [0.15, 0.2) is 0 Å². The third kappa shape index (κ3) is 1.77. The molecule has 0 unspecified atom stereocenters. The van der Waals surface area contributed by atoms with Gasteiger partial charge in [0.25, 0.3) is 0 Å². The van der Waals surface area contributed by atoms with Gasteiger partial charge in [-0.2, -0.15) is 5.10 Å². The Morgan fingerprint density at radius 1 is 1.46 bits per heavy atom. The highest BCUT2D eigenvalue weighted by Crippen LogP contribution is 2.48. The van der Waals surface area contributed by atoms with Crippen LogP contribution in [-0.4, -0.2) is 20.1 Å². The summed E-state index contributed by atoms with van der Waals surface area (Å²) in [6.45, 7) is 4.98. The van der Waals surface area contributed by atoms with Crippen molar-refractivity contribution >= 4 is 15.9 Å². The first-order valence-electron chi connectivity index (χ1n) is 4.59. The lowest BCUT2D eigenvalue weighted by Gasteiger charge is -2.11. The van der Waals surface area contributed by atoms with Crippen molar-refractivity contribution in [2.75, 3.05) is 5.33 Å². The molecular weight excluding hydrogens is 230 g/mol. The van der Waals surface area contributed by atoms with Gasteiger partial charge in [0.2, 0.25) is 0 Å². The molecule has 0 amide bonds. The molecule has 0 radical (unpaired) electrons. The average molecular weight is 244 g/mol. The van der Waals surface area contributed by atoms with Gasteiger partial charge in [0.1, 0.15) is 11.6 Å². The van der Waals surface area contributed by atoms with Crippen LogP contribution in [0, 0.1) is 19.3 Å². The summed E-state index contributed by atoms with van der Waals surface area (Å²) in [7, 11) is 0. The number of aromatic nitrogens is 3. The Hall–Kier alpha value is -0.380. The van der Waals surface area contributed by atoms with Crippen molar-refractivity contribution in [2.45, 2.75) is 33.2 Å². The van der Waals surface area contributed by atoms with Crippen molar-refractivity contribution in [3.05, 3.63) is 11.6 Å². The average Bonchev–Trinajstić information content (AvgIpc) is 2.77. The number of nitrogens with zero attached hydrogens (tertiary/aromatic N) is 3. The molecule has 1 aliphatic carbocycles. The fourth-order valence-corrected chi connectivity index (χ4v) is 2.28. The van der Waals surface area contributed by atoms with E-state index in [4.69, 9.17) is 0 Å². The lowest BCUT2D eigenvalue weighted by atomic mass is 10.1. The number of hydrogen-bond donors (Lipinski definition) is 0. The second kappa shape index (κ2) is 3.08. The standard InChI is InChI=1S/C9H14BrN3/c1-7-11-8(2)13(12-7)6-9(5-10)3-4-9/h3-6H2,1-2H3. The Labute approximate surface area is 86.7 Å². The van der Waals surface area contributed by atoms with Crippen molar-refractivity contribution in [3.63, 3.8) is 0 Å². The van der Waals surface area contributed by atoms with E-state index in [0.29, 0.717) is 5.41 Å². The van der Waals surface area contributed by atoms with Gasteiger partial charge < -0.3 is 0 Å². The highest BCUT2D eigenvalue weighted by molar-refractivity contribution is 9.09. The summed E-state index contributed by atoms with van der Waals surface area (Å²) < 4.78 is 2.03. The van der Waals surface area contributed by atoms with Gasteiger partial charge in [-0.1, -0.05) is 15.9 Å². The minimum Gasteiger partial charge on any atom is -0.250 e. The highest BCUT2D eigenvalue weighted by atomic mass is 79.9. The topological polar surface area (TPSA) is 30.7 Å². The number of alkyl halides is 1. The lowest BCUT2D eigenvalue weighted by Crippen LogP contribution is -2.15. The van der Waals surface area contributed by atoms with Crippen molar-refractivity contribution in [1.29, 1.82) is 0 Å². The molecule has 4 heteroatoms. The molecule has 72 valence electrons. The van der Waals surface area contributed by atoms with Crippen LogP contribution >= 0.6 is 15.9 Å². The maximum absolute atomic E-state index is 4.37. The normalized spacial score (nSPS) is 19.0. The molecule has 1 aliphatic rings. The van der Waals surface area contributed by atoms with Crippen LogP contribution in [0.25, 0.3) is 0 Å². The quantitative estimate of drug-likeness (QED) is 0.762. The summed E-state index contributed by atoms with van der Waals surface area (Å²) in [6, 6.07) is 0. The maximum atomic E-state index is 4.37. The molecule has 1 aromatic heterocycles. The van der Waals surface area contributed by atoms with E-state index < -0.39 is 0 Å². The molecular formula is C9H14BrN3. The van der Waals surface area contributed by atoms with Crippen LogP contribution in [0.3, 0.4) is 0 Å². The Balaban J connectivity index is 2.13. The molecule has 0 spiro atoms. The summed E-state index contributed by atoms with van der Waals surface area (Å²) in [5.74, 6) is 1.91. The Morgan fingerprint density at radius 3 is 2.54 bits per heavy atom. The molecule has 1 heterocycles. The molecule has 1 fully saturated rings. The smallest absolute Gasteiger partial charge is 0.147 e. The third-order valence-corrected chi connectivity index (χ3v) is 3.88. The summed E-state index contributed by atoms with van der Waals surface area (Å²) in [5, 5.41) is 5.45. The first-order valence-corrected chi connectivity index (χ1v) is 5.71. The molecule has 13 heavy (non-hydrogen) atoms. The molecule has 1 aromatic rings. The SMILES string of the molecule is Cc1nc(C)n(CC2(CBr)CC2)n1. The highest BCUT2D eigenvalue weighted by Gasteiger charge is 2.42. The zero-order chi connectivity index (χ0) is 9.47. The lowest BCUT2D eigenvalue weighted by molar-refractivity contribution is 0.432. The van der Waals surface area contributed by atoms with Crippen molar-refractivity contribution in [2.24, 2.45) is 5.41 Å². The van der Waals surface area contributed by atoms with E-state index in [-0.39, 0.29) is 0 Å². The van der Waals surface area contributed by atoms with Gasteiger partial charge in [-0.25, -0.2) is 9.67 Å². The molecule has 0 aromatic carbocycles. The number of halogens is 1. The second-order valence-electron chi connectivity index (χ2n) is 4.00. The molecule has 0 bridgehead atoms. The first-order chi connectivity index (χ1) is 6.15. The van der Waals surface area contributed by atoms with Crippen molar-refractivity contribution in [1.82, 2.24) is 14.8 Å². The first kappa shape index (κ1) is 9.19. The van der Waals surface area contributed by atoms with Crippen LogP contribution in [0.1, 0.15) is 24.5 Å². The van der Waals surface area contributed by atoms with Crippen LogP contribution in [-0.2, 0) is 6.54 Å². The van der Waals surface area contributed by atoms with Gasteiger partial charge in [-0.05, 0) is 32.1 Å². The summed E-state index contributed by atoms with van der Waals surface area (Å²) in [5.41, 5.74) is 0.477. The number of rotatable bonds is 3. The van der Waals surface area contributed by atoms with Crippen LogP contribution < -0.4 is 0 Å². The predicted octanol–water partition coefficient (Wildman–Crippen LogP) is 2.07. The monoisotopic (exact) mass is 243 g/mol. The van der Waals surface area contributed by atoms with Crippen molar-refractivity contribution < 1.29 is 0 Å². The van der Waals surface area contributed by atoms with E-state index in [9.17, 15) is 0 Å². The fraction of sp³-hybridized carbons (Fsp3) is 0.778. The van der Waals surface area contributed by atoms with Crippen LogP contribution in [0.2, 0.25) is 0 Å². The zero-order valence-corrected chi connectivity index (χ0v) is 9.63. The molecule has 2 rings (SSSR count). The summed E-state index contributed by atoms with van der Waals surface area (Å²) in [4.78, 5) is 4.29. The summed E-state index contributed by atoms with van der Waals surface area (Å²) in [6.07, 6.45) is 2.63. The Bertz CT molecular complexity index is 315. The number of aryl methyl sites for hydroxylation is 2. The fourth-order valence-electron chi connectivity index (χ4n) is 1.54. The van der Waals surface area contributed by atoms with E-state index in [1.54, 1.807) is 0 Å². The van der Waals surface area contributed by atoms with Gasteiger partial charge >= 0.3 is 0 Å². The summed E-state index contributed by atoms with van der Waals surface area (Å²) >= 11 is 3.56. The molecule has 3 nitrogen and oxygen atoms in total. The Morgan fingerprint density at radius 2 is 2.15 bits per heavy atom. The minimum absolute atomic E-state index is 0.477. The van der Waals surface area contributed by atoms with E-state index in [1.165, 1.54) is 12.8 Å². The van der Waals surface area contributed by atoms with Crippen molar-refractivity contribution in [3.8, 4) is 0 Å². The van der Waals surface area contributed by atoms with E-state index >= 15 is 0 Å². The van der Waals surface area contributed by atoms with Gasteiger partial charge in [-0.3, -0.25) is 0 Å². The molecule has 1 saturated carbocycles. The zero-order valence-electron chi connectivity index (χ0n) is 8.05. The Kier molecular flexibility index (Phi) is 2.18. The molecule has 0 saturated heterocycles. The minimum atomic E-state index is 0.477. The van der Waals surface area contributed by atoms with Gasteiger partial charge in [0.15, 0.2) is 0 Å².